The molecule has 0 heterocycles. The summed E-state index contributed by atoms with van der Waals surface area (Å²) in [4.78, 5) is 12.5. The fourth-order valence-corrected chi connectivity index (χ4v) is 5.91. The van der Waals surface area contributed by atoms with E-state index in [9.17, 15) is 13.6 Å². The third-order valence-corrected chi connectivity index (χ3v) is 8.35. The van der Waals surface area contributed by atoms with E-state index < -0.39 is 23.2 Å². The van der Waals surface area contributed by atoms with Gasteiger partial charge in [-0.25, -0.2) is 8.78 Å². The van der Waals surface area contributed by atoms with Gasteiger partial charge in [0.25, 0.3) is 0 Å². The minimum atomic E-state index is -1.02. The topological polar surface area (TPSA) is 59.3 Å². The molecule has 37 heavy (non-hydrogen) atoms. The molecule has 0 bridgehead atoms. The standard InChI is InChI=1S/C31H45F2NO3/c1-2-3-4-5-6-7-8-9-10-23-11-13-24(14-12-23)22-36-26-17-15-25(16-18-26)31(35)37-27-19-29(32)28(21-34)30(33)20-27/h19-20,23-26H,2-18,22H2,1H3. The van der Waals surface area contributed by atoms with Gasteiger partial charge in [-0.2, -0.15) is 5.26 Å². The molecule has 1 aromatic carbocycles. The van der Waals surface area contributed by atoms with Crippen molar-refractivity contribution in [2.75, 3.05) is 6.61 Å². The molecule has 0 spiro atoms. The van der Waals surface area contributed by atoms with Crippen LogP contribution in [0.2, 0.25) is 0 Å². The van der Waals surface area contributed by atoms with Crippen molar-refractivity contribution in [3.8, 4) is 11.8 Å². The van der Waals surface area contributed by atoms with Crippen LogP contribution in [0.5, 0.6) is 5.75 Å². The second-order valence-corrected chi connectivity index (χ2v) is 11.3. The van der Waals surface area contributed by atoms with Gasteiger partial charge in [0.05, 0.1) is 12.0 Å². The Morgan fingerprint density at radius 1 is 0.865 bits per heavy atom. The van der Waals surface area contributed by atoms with Gasteiger partial charge in [0.1, 0.15) is 29.0 Å². The molecule has 2 aliphatic carbocycles. The minimum Gasteiger partial charge on any atom is -0.426 e. The molecule has 3 rings (SSSR count). The zero-order valence-electron chi connectivity index (χ0n) is 22.6. The Labute approximate surface area is 222 Å². The predicted molar refractivity (Wildman–Crippen MR) is 141 cm³/mol. The number of nitriles is 1. The molecular weight excluding hydrogens is 472 g/mol. The van der Waals surface area contributed by atoms with Gasteiger partial charge < -0.3 is 9.47 Å². The first-order chi connectivity index (χ1) is 18.0. The molecule has 0 unspecified atom stereocenters. The Bertz CT molecular complexity index is 845. The molecule has 2 saturated carbocycles. The highest BCUT2D eigenvalue weighted by atomic mass is 19.1. The Morgan fingerprint density at radius 3 is 2.03 bits per heavy atom. The van der Waals surface area contributed by atoms with Crippen LogP contribution in [0.4, 0.5) is 8.78 Å². The van der Waals surface area contributed by atoms with Crippen LogP contribution < -0.4 is 4.74 Å². The zero-order chi connectivity index (χ0) is 26.5. The number of unbranched alkanes of at least 4 members (excludes halogenated alkanes) is 7. The maximum atomic E-state index is 13.8. The molecule has 0 aromatic heterocycles. The van der Waals surface area contributed by atoms with Crippen molar-refractivity contribution >= 4 is 5.97 Å². The van der Waals surface area contributed by atoms with E-state index in [0.717, 1.165) is 37.5 Å². The van der Waals surface area contributed by atoms with Gasteiger partial charge >= 0.3 is 5.97 Å². The maximum absolute atomic E-state index is 13.8. The molecule has 0 N–H and O–H groups in total. The summed E-state index contributed by atoms with van der Waals surface area (Å²) in [7, 11) is 0. The minimum absolute atomic E-state index is 0.170. The lowest BCUT2D eigenvalue weighted by Crippen LogP contribution is -2.30. The molecular formula is C31H45F2NO3. The molecule has 0 atom stereocenters. The second-order valence-electron chi connectivity index (χ2n) is 11.3. The van der Waals surface area contributed by atoms with E-state index in [4.69, 9.17) is 14.7 Å². The van der Waals surface area contributed by atoms with Crippen LogP contribution in [-0.2, 0) is 9.53 Å². The zero-order valence-corrected chi connectivity index (χ0v) is 22.6. The van der Waals surface area contributed by atoms with Crippen molar-refractivity contribution in [3.05, 3.63) is 29.3 Å². The van der Waals surface area contributed by atoms with E-state index in [1.54, 1.807) is 0 Å². The summed E-state index contributed by atoms with van der Waals surface area (Å²) >= 11 is 0. The number of hydrogen-bond acceptors (Lipinski definition) is 4. The molecule has 1 aromatic rings. The summed E-state index contributed by atoms with van der Waals surface area (Å²) in [5.74, 6) is -1.47. The fourth-order valence-electron chi connectivity index (χ4n) is 5.91. The maximum Gasteiger partial charge on any atom is 0.314 e. The molecule has 2 fully saturated rings. The smallest absolute Gasteiger partial charge is 0.314 e. The summed E-state index contributed by atoms with van der Waals surface area (Å²) in [6, 6.07) is 3.24. The van der Waals surface area contributed by atoms with Crippen molar-refractivity contribution < 1.29 is 23.0 Å². The van der Waals surface area contributed by atoms with Crippen molar-refractivity contribution in [3.63, 3.8) is 0 Å². The first kappa shape index (κ1) is 29.6. The van der Waals surface area contributed by atoms with Gasteiger partial charge in [0, 0.05) is 18.7 Å². The number of esters is 1. The number of carbonyl (C=O) groups is 1. The molecule has 0 saturated heterocycles. The summed E-state index contributed by atoms with van der Waals surface area (Å²) in [6.07, 6.45) is 20.8. The molecule has 206 valence electrons. The quantitative estimate of drug-likeness (QED) is 0.141. The highest BCUT2D eigenvalue weighted by Crippen LogP contribution is 2.34. The number of carbonyl (C=O) groups excluding carboxylic acids is 1. The number of rotatable bonds is 14. The van der Waals surface area contributed by atoms with E-state index in [2.05, 4.69) is 6.92 Å². The van der Waals surface area contributed by atoms with Gasteiger partial charge in [0.2, 0.25) is 0 Å². The summed E-state index contributed by atoms with van der Waals surface area (Å²) in [5.41, 5.74) is -0.672. The highest BCUT2D eigenvalue weighted by molar-refractivity contribution is 5.75. The number of ether oxygens (including phenoxy) is 2. The van der Waals surface area contributed by atoms with E-state index >= 15 is 0 Å². The van der Waals surface area contributed by atoms with Gasteiger partial charge in [-0.1, -0.05) is 77.6 Å². The Balaban J connectivity index is 1.25. The molecule has 0 radical (unpaired) electrons. The third-order valence-electron chi connectivity index (χ3n) is 8.35. The first-order valence-electron chi connectivity index (χ1n) is 14.7. The van der Waals surface area contributed by atoms with Crippen LogP contribution >= 0.6 is 0 Å². The van der Waals surface area contributed by atoms with Gasteiger partial charge in [0.15, 0.2) is 0 Å². The van der Waals surface area contributed by atoms with Crippen molar-refractivity contribution in [2.24, 2.45) is 17.8 Å². The van der Waals surface area contributed by atoms with Crippen LogP contribution in [0.1, 0.15) is 122 Å². The van der Waals surface area contributed by atoms with E-state index in [0.29, 0.717) is 18.8 Å². The monoisotopic (exact) mass is 517 g/mol. The number of benzene rings is 1. The average molecular weight is 518 g/mol. The van der Waals surface area contributed by atoms with Crippen molar-refractivity contribution in [2.45, 2.75) is 122 Å². The van der Waals surface area contributed by atoms with E-state index in [1.807, 2.05) is 0 Å². The normalized spacial score (nSPS) is 23.9. The van der Waals surface area contributed by atoms with Crippen molar-refractivity contribution in [1.29, 1.82) is 5.26 Å². The van der Waals surface area contributed by atoms with Gasteiger partial charge in [-0.15, -0.1) is 0 Å². The van der Waals surface area contributed by atoms with Crippen molar-refractivity contribution in [1.82, 2.24) is 0 Å². The van der Waals surface area contributed by atoms with Crippen LogP contribution in [0.15, 0.2) is 12.1 Å². The second kappa shape index (κ2) is 16.1. The number of nitrogens with zero attached hydrogens (tertiary/aromatic N) is 1. The summed E-state index contributed by atoms with van der Waals surface area (Å²) in [6.45, 7) is 3.08. The van der Waals surface area contributed by atoms with Gasteiger partial charge in [-0.05, 0) is 50.4 Å². The van der Waals surface area contributed by atoms with E-state index in [-0.39, 0.29) is 17.8 Å². The van der Waals surface area contributed by atoms with Crippen LogP contribution in [0, 0.1) is 40.7 Å². The summed E-state index contributed by atoms with van der Waals surface area (Å²) < 4.78 is 39.0. The molecule has 0 amide bonds. The van der Waals surface area contributed by atoms with Crippen LogP contribution in [0.25, 0.3) is 0 Å². The van der Waals surface area contributed by atoms with Crippen LogP contribution in [-0.4, -0.2) is 18.7 Å². The average Bonchev–Trinajstić information content (AvgIpc) is 2.90. The molecule has 4 nitrogen and oxygen atoms in total. The molecule has 6 heteroatoms. The van der Waals surface area contributed by atoms with Crippen LogP contribution in [0.3, 0.4) is 0 Å². The Morgan fingerprint density at radius 2 is 1.43 bits per heavy atom. The number of hydrogen-bond donors (Lipinski definition) is 0. The predicted octanol–water partition coefficient (Wildman–Crippen LogP) is 8.65. The van der Waals surface area contributed by atoms with Gasteiger partial charge in [-0.3, -0.25) is 4.79 Å². The lowest BCUT2D eigenvalue weighted by Gasteiger charge is -2.31. The Hall–Kier alpha value is -2.00. The molecule has 0 aliphatic heterocycles. The fraction of sp³-hybridized carbons (Fsp3) is 0.742. The Kier molecular flexibility index (Phi) is 12.8. The third kappa shape index (κ3) is 10.0. The lowest BCUT2D eigenvalue weighted by atomic mass is 9.80. The first-order valence-corrected chi connectivity index (χ1v) is 14.7. The summed E-state index contributed by atoms with van der Waals surface area (Å²) in [5, 5.41) is 8.76. The largest absolute Gasteiger partial charge is 0.426 e. The lowest BCUT2D eigenvalue weighted by molar-refractivity contribution is -0.141. The SMILES string of the molecule is CCCCCCCCCCC1CCC(COC2CCC(C(=O)Oc3cc(F)c(C#N)c(F)c3)CC2)CC1. The molecule has 2 aliphatic rings. The number of halogens is 2. The highest BCUT2D eigenvalue weighted by Gasteiger charge is 2.29. The van der Waals surface area contributed by atoms with E-state index in [1.165, 1.54) is 89.5 Å².